The van der Waals surface area contributed by atoms with Crippen molar-refractivity contribution in [2.75, 3.05) is 11.4 Å². The van der Waals surface area contributed by atoms with Crippen molar-refractivity contribution in [1.82, 2.24) is 4.90 Å². The number of fused-ring (bicyclic) bond motifs is 1. The molecule has 0 fully saturated rings. The van der Waals surface area contributed by atoms with Gasteiger partial charge in [-0.1, -0.05) is 36.4 Å². The molecule has 2 unspecified atom stereocenters. The summed E-state index contributed by atoms with van der Waals surface area (Å²) in [5, 5.41) is -0.401. The van der Waals surface area contributed by atoms with Gasteiger partial charge in [-0.3, -0.25) is 14.4 Å². The van der Waals surface area contributed by atoms with Crippen LogP contribution < -0.4 is 16.4 Å². The maximum absolute atomic E-state index is 13.7. The van der Waals surface area contributed by atoms with Crippen LogP contribution in [0.25, 0.3) is 0 Å². The molecule has 220 valence electrons. The number of hydrogen-bond donors (Lipinski definition) is 3. The van der Waals surface area contributed by atoms with E-state index in [0.29, 0.717) is 24.9 Å². The summed E-state index contributed by atoms with van der Waals surface area (Å²) in [7, 11) is 0. The topological polar surface area (TPSA) is 148 Å². The number of benzene rings is 2. The summed E-state index contributed by atoms with van der Waals surface area (Å²) in [6, 6.07) is 13.2. The van der Waals surface area contributed by atoms with Crippen LogP contribution in [0.2, 0.25) is 0 Å². The number of carbonyl (C=O) groups excluding carboxylic acids is 4. The Morgan fingerprint density at radius 1 is 1.10 bits per heavy atom. The SMILES string of the molecule is CC(CC(=O)OC(=O)C(F)(F)F)N1CC(=O)N(Cc2ccccc2)c2ccc(CCCC(S)N=C(N)N)cc2C1=O. The highest BCUT2D eigenvalue weighted by atomic mass is 32.1. The van der Waals surface area contributed by atoms with Gasteiger partial charge in [0.25, 0.3) is 5.91 Å². The molecule has 2 aromatic carbocycles. The maximum Gasteiger partial charge on any atom is 0.491 e. The van der Waals surface area contributed by atoms with Gasteiger partial charge in [-0.25, -0.2) is 9.79 Å². The van der Waals surface area contributed by atoms with E-state index in [2.05, 4.69) is 22.4 Å². The number of ether oxygens (including phenoxy) is 1. The summed E-state index contributed by atoms with van der Waals surface area (Å²) >= 11 is 4.32. The Balaban J connectivity index is 1.88. The first-order chi connectivity index (χ1) is 19.3. The third kappa shape index (κ3) is 8.71. The maximum atomic E-state index is 13.7. The van der Waals surface area contributed by atoms with Gasteiger partial charge in [-0.15, -0.1) is 0 Å². The molecule has 3 rings (SSSR count). The minimum atomic E-state index is -5.35. The van der Waals surface area contributed by atoms with Crippen LogP contribution >= 0.6 is 12.6 Å². The average molecular weight is 594 g/mol. The highest BCUT2D eigenvalue weighted by Crippen LogP contribution is 2.30. The zero-order chi connectivity index (χ0) is 30.3. The number of esters is 2. The van der Waals surface area contributed by atoms with E-state index >= 15 is 0 Å². The van der Waals surface area contributed by atoms with Crippen molar-refractivity contribution < 1.29 is 37.1 Å². The lowest BCUT2D eigenvalue weighted by Crippen LogP contribution is -2.44. The monoisotopic (exact) mass is 593 g/mol. The van der Waals surface area contributed by atoms with E-state index in [1.807, 2.05) is 30.3 Å². The second kappa shape index (κ2) is 13.5. The van der Waals surface area contributed by atoms with Crippen LogP contribution in [-0.2, 0) is 32.1 Å². The molecule has 2 aromatic rings. The molecule has 1 heterocycles. The van der Waals surface area contributed by atoms with Gasteiger partial charge in [0.1, 0.15) is 6.54 Å². The van der Waals surface area contributed by atoms with E-state index in [9.17, 15) is 32.3 Å². The number of nitrogens with zero attached hydrogens (tertiary/aromatic N) is 3. The van der Waals surface area contributed by atoms with Crippen LogP contribution in [0.15, 0.2) is 53.5 Å². The first-order valence-electron chi connectivity index (χ1n) is 12.6. The molecular formula is C27H30F3N5O5S. The summed E-state index contributed by atoms with van der Waals surface area (Å²) < 4.78 is 41.4. The molecule has 0 radical (unpaired) electrons. The number of nitrogens with two attached hydrogens (primary N) is 2. The molecule has 41 heavy (non-hydrogen) atoms. The summed E-state index contributed by atoms with van der Waals surface area (Å²) in [4.78, 5) is 56.8. The molecule has 14 heteroatoms. The van der Waals surface area contributed by atoms with E-state index in [0.717, 1.165) is 16.0 Å². The minimum absolute atomic E-state index is 0.0790. The third-order valence-electron chi connectivity index (χ3n) is 6.29. The first-order valence-corrected chi connectivity index (χ1v) is 13.1. The number of aryl methyl sites for hydroxylation is 1. The second-order valence-corrected chi connectivity index (χ2v) is 10.1. The van der Waals surface area contributed by atoms with Gasteiger partial charge in [-0.2, -0.15) is 25.8 Å². The van der Waals surface area contributed by atoms with Gasteiger partial charge in [0.05, 0.1) is 29.6 Å². The minimum Gasteiger partial charge on any atom is -0.386 e. The van der Waals surface area contributed by atoms with Crippen LogP contribution in [0.3, 0.4) is 0 Å². The van der Waals surface area contributed by atoms with E-state index in [1.165, 1.54) is 11.8 Å². The fraction of sp³-hybridized carbons (Fsp3) is 0.370. The van der Waals surface area contributed by atoms with Gasteiger partial charge in [0, 0.05) is 6.04 Å². The molecule has 2 amide bonds. The third-order valence-corrected chi connectivity index (χ3v) is 6.66. The molecule has 1 aliphatic heterocycles. The van der Waals surface area contributed by atoms with Crippen LogP contribution in [-0.4, -0.2) is 58.7 Å². The van der Waals surface area contributed by atoms with Crippen molar-refractivity contribution in [2.45, 2.75) is 56.7 Å². The molecule has 0 spiro atoms. The van der Waals surface area contributed by atoms with E-state index in [-0.39, 0.29) is 18.1 Å². The Bertz CT molecular complexity index is 1320. The smallest absolute Gasteiger partial charge is 0.386 e. The van der Waals surface area contributed by atoms with Gasteiger partial charge in [0.2, 0.25) is 5.91 Å². The molecular weight excluding hydrogens is 563 g/mol. The van der Waals surface area contributed by atoms with E-state index in [4.69, 9.17) is 11.5 Å². The molecule has 0 aliphatic carbocycles. The van der Waals surface area contributed by atoms with Crippen molar-refractivity contribution in [3.05, 3.63) is 65.2 Å². The highest BCUT2D eigenvalue weighted by Gasteiger charge is 2.43. The van der Waals surface area contributed by atoms with Gasteiger partial charge in [-0.05, 0) is 49.4 Å². The van der Waals surface area contributed by atoms with Crippen molar-refractivity contribution in [2.24, 2.45) is 16.5 Å². The van der Waals surface area contributed by atoms with Crippen molar-refractivity contribution in [3.63, 3.8) is 0 Å². The predicted octanol–water partition coefficient (Wildman–Crippen LogP) is 2.94. The zero-order valence-corrected chi connectivity index (χ0v) is 23.0. The molecule has 10 nitrogen and oxygen atoms in total. The first kappa shape index (κ1) is 31.5. The summed E-state index contributed by atoms with van der Waals surface area (Å²) in [5.74, 6) is -5.26. The number of anilines is 1. The van der Waals surface area contributed by atoms with E-state index < -0.39 is 54.3 Å². The Morgan fingerprint density at radius 2 is 1.78 bits per heavy atom. The Hall–Kier alpha value is -4.07. The predicted molar refractivity (Wildman–Crippen MR) is 148 cm³/mol. The zero-order valence-electron chi connectivity index (χ0n) is 22.1. The number of carbonyl (C=O) groups is 4. The molecule has 2 atom stereocenters. The van der Waals surface area contributed by atoms with Crippen molar-refractivity contribution in [1.29, 1.82) is 0 Å². The number of aliphatic imine (C=N–C) groups is 1. The Morgan fingerprint density at radius 3 is 2.41 bits per heavy atom. The summed E-state index contributed by atoms with van der Waals surface area (Å²) in [5.41, 5.74) is 12.9. The van der Waals surface area contributed by atoms with Crippen LogP contribution in [0, 0.1) is 0 Å². The fourth-order valence-electron chi connectivity index (χ4n) is 4.31. The lowest BCUT2D eigenvalue weighted by molar-refractivity contribution is -0.202. The van der Waals surface area contributed by atoms with Crippen LogP contribution in [0.4, 0.5) is 18.9 Å². The van der Waals surface area contributed by atoms with Gasteiger partial charge in [0.15, 0.2) is 5.96 Å². The van der Waals surface area contributed by atoms with E-state index in [1.54, 1.807) is 18.2 Å². The number of thiol groups is 1. The van der Waals surface area contributed by atoms with Crippen molar-refractivity contribution >= 4 is 48.0 Å². The lowest BCUT2D eigenvalue weighted by atomic mass is 10.0. The van der Waals surface area contributed by atoms with Crippen molar-refractivity contribution in [3.8, 4) is 0 Å². The molecule has 4 N–H and O–H groups in total. The molecule has 1 aliphatic rings. The standard InChI is InChI=1S/C27H30F3N5O5S/c1-16(12-23(37)40-25(39)27(28,29)30)34-15-22(36)35(14-18-6-3-2-4-7-18)20-11-10-17(13-19(20)24(34)38)8-5-9-21(41)33-26(31)32/h2-4,6-7,10-11,13,16,21,41H,5,8-9,12,14-15H2,1H3,(H4,31,32,33). The van der Waals surface area contributed by atoms with Gasteiger partial charge >= 0.3 is 18.1 Å². The summed E-state index contributed by atoms with van der Waals surface area (Å²) in [6.07, 6.45) is -4.37. The number of amides is 2. The molecule has 0 saturated heterocycles. The highest BCUT2D eigenvalue weighted by molar-refractivity contribution is 7.80. The summed E-state index contributed by atoms with van der Waals surface area (Å²) in [6.45, 7) is 1.10. The number of hydrogen-bond acceptors (Lipinski definition) is 7. The number of halogens is 3. The number of alkyl halides is 3. The van der Waals surface area contributed by atoms with Crippen LogP contribution in [0.5, 0.6) is 0 Å². The number of rotatable bonds is 10. The normalized spacial score (nSPS) is 15.0. The Kier molecular flexibility index (Phi) is 10.4. The molecule has 0 bridgehead atoms. The molecule has 0 saturated carbocycles. The second-order valence-electron chi connectivity index (χ2n) is 9.49. The van der Waals surface area contributed by atoms with Crippen LogP contribution in [0.1, 0.15) is 47.7 Å². The lowest BCUT2D eigenvalue weighted by Gasteiger charge is -2.27. The largest absolute Gasteiger partial charge is 0.491 e. The average Bonchev–Trinajstić information content (AvgIpc) is 2.98. The number of guanidine groups is 1. The molecule has 0 aromatic heterocycles. The Labute approximate surface area is 239 Å². The van der Waals surface area contributed by atoms with Gasteiger partial charge < -0.3 is 26.0 Å². The fourth-order valence-corrected chi connectivity index (χ4v) is 4.63. The quantitative estimate of drug-likeness (QED) is 0.126.